The van der Waals surface area contributed by atoms with Crippen LogP contribution in [0.1, 0.15) is 57.1 Å². The van der Waals surface area contributed by atoms with Gasteiger partial charge in [-0.3, -0.25) is 4.79 Å². The van der Waals surface area contributed by atoms with Crippen LogP contribution in [0.3, 0.4) is 0 Å². The Morgan fingerprint density at radius 3 is 1.74 bits per heavy atom. The van der Waals surface area contributed by atoms with Gasteiger partial charge in [0, 0.05) is 6.42 Å². The molecule has 142 valence electrons. The molecule has 2 aromatic rings. The fraction of sp³-hybridized carbons (Fsp3) is 0.480. The maximum Gasteiger partial charge on any atom is 0.204 e. The van der Waals surface area contributed by atoms with Gasteiger partial charge in [0.2, 0.25) is 5.78 Å². The Hall–Kier alpha value is -1.93. The minimum absolute atomic E-state index is 0.0484. The third kappa shape index (κ3) is 2.86. The smallest absolute Gasteiger partial charge is 0.204 e. The van der Waals surface area contributed by atoms with Gasteiger partial charge in [-0.2, -0.15) is 0 Å². The van der Waals surface area contributed by atoms with Crippen LogP contribution in [-0.4, -0.2) is 35.4 Å². The van der Waals surface area contributed by atoms with Crippen LogP contribution in [0.5, 0.6) is 0 Å². The molecule has 0 radical (unpaired) electrons. The minimum atomic E-state index is -0.517. The summed E-state index contributed by atoms with van der Waals surface area (Å²) in [5.41, 5.74) is 1.80. The van der Waals surface area contributed by atoms with Gasteiger partial charge in [-0.1, -0.05) is 60.7 Å². The number of rotatable bonds is 2. The summed E-state index contributed by atoms with van der Waals surface area (Å²) in [5, 5.41) is 0. The number of nitrogens with zero attached hydrogens (tertiary/aromatic N) is 1. The molecule has 0 N–H and O–H groups in total. The fourth-order valence-corrected chi connectivity index (χ4v) is 5.94. The molecule has 0 saturated carbocycles. The number of piperidine rings is 1. The highest BCUT2D eigenvalue weighted by atomic mass is 16.1. The summed E-state index contributed by atoms with van der Waals surface area (Å²) in [4.78, 5) is 14.2. The molecule has 2 aliphatic heterocycles. The van der Waals surface area contributed by atoms with Crippen molar-refractivity contribution in [2.24, 2.45) is 0 Å². The van der Waals surface area contributed by atoms with E-state index in [1.54, 1.807) is 0 Å². The van der Waals surface area contributed by atoms with Crippen LogP contribution in [-0.2, 0) is 10.2 Å². The zero-order chi connectivity index (χ0) is 18.9. The lowest BCUT2D eigenvalue weighted by Gasteiger charge is -2.55. The molecule has 2 nitrogen and oxygen atoms in total. The van der Waals surface area contributed by atoms with E-state index in [2.05, 4.69) is 62.4 Å². The Labute approximate surface area is 163 Å². The quantitative estimate of drug-likeness (QED) is 0.678. The van der Waals surface area contributed by atoms with Crippen molar-refractivity contribution in [3.05, 3.63) is 71.8 Å². The Morgan fingerprint density at radius 2 is 1.26 bits per heavy atom. The third-order valence-corrected chi connectivity index (χ3v) is 7.48. The van der Waals surface area contributed by atoms with Crippen LogP contribution in [0.15, 0.2) is 60.7 Å². The molecule has 2 fully saturated rings. The highest BCUT2D eigenvalue weighted by Crippen LogP contribution is 2.47. The molecule has 0 aromatic heterocycles. The average molecular weight is 363 g/mol. The monoisotopic (exact) mass is 362 g/mol. The molecule has 27 heavy (non-hydrogen) atoms. The second-order valence-corrected chi connectivity index (χ2v) is 8.70. The first-order valence-electron chi connectivity index (χ1n) is 10.6. The number of ketones is 1. The summed E-state index contributed by atoms with van der Waals surface area (Å²) in [7, 11) is 0. The maximum absolute atomic E-state index is 14.2. The standard InChI is InChI=1S/C25H32NO/c1-20-19-25(22-13-7-5-8-14-22,23-15-9-6-10-16-23)24(27)21(2)26(20)17-11-3-4-12-18-26/h5-10,13-16,20-21H,3-4,11-12,17-19H2,1-2H3/q+1. The van der Waals surface area contributed by atoms with E-state index < -0.39 is 5.41 Å². The molecular formula is C25H32NO+. The SMILES string of the molecule is CC1CC(c2ccccc2)(c2ccccc2)C(=O)C(C)[N+]12CCCCCC2. The van der Waals surface area contributed by atoms with E-state index in [1.807, 2.05) is 12.1 Å². The molecule has 2 aliphatic rings. The van der Waals surface area contributed by atoms with Crippen molar-refractivity contribution >= 4 is 5.78 Å². The van der Waals surface area contributed by atoms with Gasteiger partial charge >= 0.3 is 0 Å². The number of hydrogen-bond donors (Lipinski definition) is 0. The number of Topliss-reactive ketones (excluding diaryl/α,β-unsaturated/α-hetero) is 1. The van der Waals surface area contributed by atoms with Crippen LogP contribution in [0.2, 0.25) is 0 Å². The van der Waals surface area contributed by atoms with Crippen molar-refractivity contribution < 1.29 is 9.28 Å². The van der Waals surface area contributed by atoms with Crippen molar-refractivity contribution in [2.45, 2.75) is 63.5 Å². The number of quaternary nitrogens is 1. The van der Waals surface area contributed by atoms with E-state index in [4.69, 9.17) is 0 Å². The summed E-state index contributed by atoms with van der Waals surface area (Å²) in [6.45, 7) is 6.93. The first kappa shape index (κ1) is 18.4. The van der Waals surface area contributed by atoms with E-state index in [-0.39, 0.29) is 6.04 Å². The molecule has 2 atom stereocenters. The van der Waals surface area contributed by atoms with Crippen LogP contribution >= 0.6 is 0 Å². The molecule has 0 aliphatic carbocycles. The summed E-state index contributed by atoms with van der Waals surface area (Å²) in [5.74, 6) is 0.417. The molecule has 0 amide bonds. The van der Waals surface area contributed by atoms with Crippen molar-refractivity contribution in [1.29, 1.82) is 0 Å². The molecule has 2 unspecified atom stereocenters. The predicted octanol–water partition coefficient (Wildman–Crippen LogP) is 5.11. The zero-order valence-electron chi connectivity index (χ0n) is 16.7. The van der Waals surface area contributed by atoms with Crippen LogP contribution < -0.4 is 0 Å². The second-order valence-electron chi connectivity index (χ2n) is 8.70. The molecule has 1 spiro atoms. The molecule has 0 bridgehead atoms. The van der Waals surface area contributed by atoms with E-state index in [9.17, 15) is 4.79 Å². The molecule has 2 saturated heterocycles. The lowest BCUT2D eigenvalue weighted by atomic mass is 9.62. The van der Waals surface area contributed by atoms with Gasteiger partial charge in [0.25, 0.3) is 0 Å². The Bertz CT molecular complexity index is 735. The van der Waals surface area contributed by atoms with E-state index in [1.165, 1.54) is 25.7 Å². The summed E-state index contributed by atoms with van der Waals surface area (Å²) in [6, 6.07) is 21.6. The molecule has 4 rings (SSSR count). The Balaban J connectivity index is 1.85. The lowest BCUT2D eigenvalue weighted by Crippen LogP contribution is -2.70. The van der Waals surface area contributed by atoms with Crippen molar-refractivity contribution in [3.8, 4) is 0 Å². The highest BCUT2D eigenvalue weighted by Gasteiger charge is 2.58. The summed E-state index contributed by atoms with van der Waals surface area (Å²) in [6.07, 6.45) is 6.05. The van der Waals surface area contributed by atoms with Gasteiger partial charge in [0.05, 0.1) is 24.5 Å². The largest absolute Gasteiger partial charge is 0.313 e. The van der Waals surface area contributed by atoms with Crippen molar-refractivity contribution in [3.63, 3.8) is 0 Å². The average Bonchev–Trinajstić information content (AvgIpc) is 2.98. The molecule has 2 heterocycles. The van der Waals surface area contributed by atoms with Gasteiger partial charge in [-0.05, 0) is 50.7 Å². The molecule has 2 heteroatoms. The zero-order valence-corrected chi connectivity index (χ0v) is 16.7. The van der Waals surface area contributed by atoms with Gasteiger partial charge in [0.1, 0.15) is 6.04 Å². The van der Waals surface area contributed by atoms with Crippen LogP contribution in [0.4, 0.5) is 0 Å². The number of carbonyl (C=O) groups is 1. The molecule has 2 aromatic carbocycles. The first-order valence-corrected chi connectivity index (χ1v) is 10.6. The predicted molar refractivity (Wildman–Crippen MR) is 111 cm³/mol. The minimum Gasteiger partial charge on any atom is -0.313 e. The Morgan fingerprint density at radius 1 is 0.778 bits per heavy atom. The number of carbonyl (C=O) groups excluding carboxylic acids is 1. The lowest BCUT2D eigenvalue weighted by molar-refractivity contribution is -0.964. The van der Waals surface area contributed by atoms with Crippen LogP contribution in [0, 0.1) is 0 Å². The topological polar surface area (TPSA) is 17.1 Å². The van der Waals surface area contributed by atoms with Gasteiger partial charge in [-0.25, -0.2) is 0 Å². The third-order valence-electron chi connectivity index (χ3n) is 7.48. The Kier molecular flexibility index (Phi) is 4.94. The van der Waals surface area contributed by atoms with Crippen LogP contribution in [0.25, 0.3) is 0 Å². The fourth-order valence-electron chi connectivity index (χ4n) is 5.94. The van der Waals surface area contributed by atoms with Gasteiger partial charge in [-0.15, -0.1) is 0 Å². The van der Waals surface area contributed by atoms with E-state index in [0.29, 0.717) is 11.8 Å². The van der Waals surface area contributed by atoms with Crippen molar-refractivity contribution in [1.82, 2.24) is 0 Å². The normalized spacial score (nSPS) is 27.3. The first-order chi connectivity index (χ1) is 13.1. The molecular weight excluding hydrogens is 330 g/mol. The van der Waals surface area contributed by atoms with E-state index >= 15 is 0 Å². The summed E-state index contributed by atoms with van der Waals surface area (Å²) >= 11 is 0. The summed E-state index contributed by atoms with van der Waals surface area (Å²) < 4.78 is 1.00. The maximum atomic E-state index is 14.2. The second kappa shape index (κ2) is 7.24. The van der Waals surface area contributed by atoms with Gasteiger partial charge in [0.15, 0.2) is 0 Å². The van der Waals surface area contributed by atoms with Crippen molar-refractivity contribution in [2.75, 3.05) is 13.1 Å². The van der Waals surface area contributed by atoms with Gasteiger partial charge < -0.3 is 4.48 Å². The van der Waals surface area contributed by atoms with E-state index in [0.717, 1.165) is 35.1 Å². The number of benzene rings is 2. The highest BCUT2D eigenvalue weighted by molar-refractivity contribution is 5.97. The number of hydrogen-bond acceptors (Lipinski definition) is 1.